The van der Waals surface area contributed by atoms with E-state index in [9.17, 15) is 9.59 Å². The molecule has 6 nitrogen and oxygen atoms in total. The molecule has 0 spiro atoms. The Morgan fingerprint density at radius 3 is 2.74 bits per heavy atom. The molecular formula is C16H26N4O2S. The zero-order valence-corrected chi connectivity index (χ0v) is 14.2. The number of likely N-dealkylation sites (tertiary alicyclic amines) is 1. The number of urea groups is 1. The molecule has 4 fully saturated rings. The van der Waals surface area contributed by atoms with Crippen molar-refractivity contribution in [1.29, 1.82) is 0 Å². The SMILES string of the molecule is O=C1NC2CSC(CCCCC(=O)N3C[C@H]4CNC[C@H]4C3)C2N1. The highest BCUT2D eigenvalue weighted by molar-refractivity contribution is 8.00. The summed E-state index contributed by atoms with van der Waals surface area (Å²) < 4.78 is 0. The van der Waals surface area contributed by atoms with Gasteiger partial charge in [0.25, 0.3) is 0 Å². The molecular weight excluding hydrogens is 312 g/mol. The maximum absolute atomic E-state index is 12.3. The standard InChI is InChI=1S/C16H26N4O2S/c21-14(20-7-10-5-17-6-11(10)8-20)4-2-1-3-13-15-12(9-23-13)18-16(22)19-15/h10-13,15,17H,1-9H2,(H2,18,19,22)/t10-,11+,12?,13?,15?. The van der Waals surface area contributed by atoms with E-state index < -0.39 is 0 Å². The third-order valence-corrected chi connectivity index (χ3v) is 7.32. The van der Waals surface area contributed by atoms with Gasteiger partial charge in [0.1, 0.15) is 0 Å². The molecule has 0 bridgehead atoms. The van der Waals surface area contributed by atoms with E-state index in [4.69, 9.17) is 0 Å². The van der Waals surface area contributed by atoms with Crippen LogP contribution in [0, 0.1) is 11.8 Å². The Hall–Kier alpha value is -0.950. The van der Waals surface area contributed by atoms with E-state index in [0.717, 1.165) is 51.2 Å². The Labute approximate surface area is 141 Å². The van der Waals surface area contributed by atoms with Crippen molar-refractivity contribution < 1.29 is 9.59 Å². The monoisotopic (exact) mass is 338 g/mol. The Bertz CT molecular complexity index is 477. The summed E-state index contributed by atoms with van der Waals surface area (Å²) in [7, 11) is 0. The fourth-order valence-corrected chi connectivity index (χ4v) is 6.03. The fourth-order valence-electron chi connectivity index (χ4n) is 4.48. The zero-order chi connectivity index (χ0) is 15.8. The van der Waals surface area contributed by atoms with Gasteiger partial charge in [-0.3, -0.25) is 4.79 Å². The number of amides is 3. The molecule has 4 rings (SSSR count). The summed E-state index contributed by atoms with van der Waals surface area (Å²) in [6.07, 6.45) is 3.82. The second-order valence-electron chi connectivity index (χ2n) is 7.34. The fraction of sp³-hybridized carbons (Fsp3) is 0.875. The highest BCUT2D eigenvalue weighted by atomic mass is 32.2. The van der Waals surface area contributed by atoms with Crippen LogP contribution >= 0.6 is 11.8 Å². The van der Waals surface area contributed by atoms with Crippen LogP contribution in [-0.2, 0) is 4.79 Å². The molecule has 3 N–H and O–H groups in total. The molecule has 5 atom stereocenters. The maximum atomic E-state index is 12.3. The Morgan fingerprint density at radius 2 is 1.96 bits per heavy atom. The van der Waals surface area contributed by atoms with Crippen molar-refractivity contribution in [2.75, 3.05) is 31.9 Å². The summed E-state index contributed by atoms with van der Waals surface area (Å²) in [6, 6.07) is 0.569. The molecule has 0 aromatic rings. The van der Waals surface area contributed by atoms with Gasteiger partial charge in [-0.25, -0.2) is 4.79 Å². The molecule has 0 aromatic heterocycles. The second-order valence-corrected chi connectivity index (χ2v) is 8.62. The van der Waals surface area contributed by atoms with E-state index in [1.807, 2.05) is 11.8 Å². The molecule has 0 radical (unpaired) electrons. The zero-order valence-electron chi connectivity index (χ0n) is 13.4. The lowest BCUT2D eigenvalue weighted by atomic mass is 10.0. The number of fused-ring (bicyclic) bond motifs is 2. The molecule has 3 amide bonds. The first-order chi connectivity index (χ1) is 11.2. The van der Waals surface area contributed by atoms with Crippen LogP contribution in [0.15, 0.2) is 0 Å². The first kappa shape index (κ1) is 15.6. The number of thioether (sulfide) groups is 1. The van der Waals surface area contributed by atoms with Gasteiger partial charge >= 0.3 is 6.03 Å². The van der Waals surface area contributed by atoms with E-state index in [2.05, 4.69) is 20.9 Å². The predicted octanol–water partition coefficient (Wildman–Crippen LogP) is 0.390. The van der Waals surface area contributed by atoms with Crippen molar-refractivity contribution in [2.45, 2.75) is 43.0 Å². The van der Waals surface area contributed by atoms with Crippen LogP contribution in [0.2, 0.25) is 0 Å². The molecule has 0 saturated carbocycles. The number of nitrogens with zero attached hydrogens (tertiary/aromatic N) is 1. The summed E-state index contributed by atoms with van der Waals surface area (Å²) in [4.78, 5) is 25.8. The quantitative estimate of drug-likeness (QED) is 0.501. The van der Waals surface area contributed by atoms with Crippen LogP contribution in [-0.4, -0.2) is 66.1 Å². The average molecular weight is 338 g/mol. The highest BCUT2D eigenvalue weighted by Crippen LogP contribution is 2.33. The summed E-state index contributed by atoms with van der Waals surface area (Å²) >= 11 is 1.95. The molecule has 23 heavy (non-hydrogen) atoms. The third kappa shape index (κ3) is 3.18. The van der Waals surface area contributed by atoms with Gasteiger partial charge in [-0.05, 0) is 24.7 Å². The minimum Gasteiger partial charge on any atom is -0.342 e. The Morgan fingerprint density at radius 1 is 1.17 bits per heavy atom. The average Bonchev–Trinajstić information content (AvgIpc) is 3.23. The lowest BCUT2D eigenvalue weighted by molar-refractivity contribution is -0.130. The number of nitrogens with one attached hydrogen (secondary N) is 3. The maximum Gasteiger partial charge on any atom is 0.315 e. The van der Waals surface area contributed by atoms with E-state index in [-0.39, 0.29) is 12.1 Å². The number of carbonyl (C=O) groups excluding carboxylic acids is 2. The van der Waals surface area contributed by atoms with E-state index in [1.54, 1.807) is 0 Å². The van der Waals surface area contributed by atoms with Crippen LogP contribution in [0.4, 0.5) is 4.79 Å². The van der Waals surface area contributed by atoms with Gasteiger partial charge in [-0.2, -0.15) is 11.8 Å². The number of carbonyl (C=O) groups is 2. The number of hydrogen-bond acceptors (Lipinski definition) is 4. The van der Waals surface area contributed by atoms with Gasteiger partial charge in [0.05, 0.1) is 12.1 Å². The van der Waals surface area contributed by atoms with Crippen LogP contribution in [0.3, 0.4) is 0 Å². The number of rotatable bonds is 5. The van der Waals surface area contributed by atoms with Crippen LogP contribution in [0.5, 0.6) is 0 Å². The van der Waals surface area contributed by atoms with Crippen molar-refractivity contribution in [1.82, 2.24) is 20.9 Å². The van der Waals surface area contributed by atoms with Gasteiger partial charge in [0, 0.05) is 43.6 Å². The van der Waals surface area contributed by atoms with Crippen molar-refractivity contribution in [3.8, 4) is 0 Å². The molecule has 7 heteroatoms. The topological polar surface area (TPSA) is 73.5 Å². The van der Waals surface area contributed by atoms with Gasteiger partial charge in [0.15, 0.2) is 0 Å². The molecule has 128 valence electrons. The first-order valence-electron chi connectivity index (χ1n) is 8.88. The number of hydrogen-bond donors (Lipinski definition) is 3. The van der Waals surface area contributed by atoms with E-state index >= 15 is 0 Å². The van der Waals surface area contributed by atoms with Gasteiger partial charge in [-0.15, -0.1) is 0 Å². The van der Waals surface area contributed by atoms with Crippen molar-refractivity contribution in [3.05, 3.63) is 0 Å². The van der Waals surface area contributed by atoms with Crippen LogP contribution in [0.25, 0.3) is 0 Å². The third-order valence-electron chi connectivity index (χ3n) is 5.81. The molecule has 0 aliphatic carbocycles. The molecule has 4 aliphatic heterocycles. The van der Waals surface area contributed by atoms with Crippen molar-refractivity contribution >= 4 is 23.7 Å². The molecule has 0 aromatic carbocycles. The smallest absolute Gasteiger partial charge is 0.315 e. The van der Waals surface area contributed by atoms with Crippen LogP contribution < -0.4 is 16.0 Å². The van der Waals surface area contributed by atoms with Gasteiger partial charge < -0.3 is 20.9 Å². The summed E-state index contributed by atoms with van der Waals surface area (Å²) in [5.74, 6) is 2.72. The second kappa shape index (κ2) is 6.51. The summed E-state index contributed by atoms with van der Waals surface area (Å²) in [6.45, 7) is 4.07. The normalized spacial score (nSPS) is 38.3. The minimum absolute atomic E-state index is 0.0189. The van der Waals surface area contributed by atoms with E-state index in [0.29, 0.717) is 35.5 Å². The molecule has 4 heterocycles. The molecule has 4 aliphatic rings. The lowest BCUT2D eigenvalue weighted by Gasteiger charge is -2.18. The molecule has 4 saturated heterocycles. The Balaban J connectivity index is 1.15. The van der Waals surface area contributed by atoms with Gasteiger partial charge in [-0.1, -0.05) is 6.42 Å². The summed E-state index contributed by atoms with van der Waals surface area (Å²) in [5.41, 5.74) is 0. The van der Waals surface area contributed by atoms with Crippen molar-refractivity contribution in [2.24, 2.45) is 11.8 Å². The minimum atomic E-state index is -0.0189. The highest BCUT2D eigenvalue weighted by Gasteiger charge is 2.42. The summed E-state index contributed by atoms with van der Waals surface area (Å²) in [5, 5.41) is 9.92. The lowest BCUT2D eigenvalue weighted by Crippen LogP contribution is -2.36. The number of unbranched alkanes of at least 4 members (excludes halogenated alkanes) is 1. The van der Waals surface area contributed by atoms with Crippen molar-refractivity contribution in [3.63, 3.8) is 0 Å². The van der Waals surface area contributed by atoms with Gasteiger partial charge in [0.2, 0.25) is 5.91 Å². The predicted molar refractivity (Wildman–Crippen MR) is 90.4 cm³/mol. The van der Waals surface area contributed by atoms with E-state index in [1.165, 1.54) is 0 Å². The largest absolute Gasteiger partial charge is 0.342 e. The van der Waals surface area contributed by atoms with Crippen LogP contribution in [0.1, 0.15) is 25.7 Å². The first-order valence-corrected chi connectivity index (χ1v) is 9.92. The molecule has 3 unspecified atom stereocenters. The Kier molecular flexibility index (Phi) is 4.41.